The molecule has 2 aromatic carbocycles. The first-order valence-corrected chi connectivity index (χ1v) is 14.4. The van der Waals surface area contributed by atoms with Crippen LogP contribution in [0.15, 0.2) is 47.5 Å². The number of esters is 1. The van der Waals surface area contributed by atoms with E-state index < -0.39 is 54.4 Å². The van der Waals surface area contributed by atoms with Crippen molar-refractivity contribution in [2.75, 3.05) is 58.5 Å². The van der Waals surface area contributed by atoms with Crippen molar-refractivity contribution in [1.29, 1.82) is 0 Å². The number of hydrogen-bond acceptors (Lipinski definition) is 8. The highest BCUT2D eigenvalue weighted by molar-refractivity contribution is 6.12. The number of hydrogen-bond donors (Lipinski definition) is 2. The van der Waals surface area contributed by atoms with Crippen LogP contribution in [0.25, 0.3) is 0 Å². The molecule has 2 N–H and O–H groups in total. The van der Waals surface area contributed by atoms with Gasteiger partial charge in [0.25, 0.3) is 0 Å². The summed E-state index contributed by atoms with van der Waals surface area (Å²) in [6, 6.07) is 6.01. The maximum Gasteiger partial charge on any atom is 0.422 e. The molecule has 250 valence electrons. The Kier molecular flexibility index (Phi) is 11.5. The number of imide groups is 1. The number of benzene rings is 2. The van der Waals surface area contributed by atoms with E-state index in [2.05, 4.69) is 15.6 Å². The molecular weight excluding hydrogens is 621 g/mol. The van der Waals surface area contributed by atoms with Crippen LogP contribution in [-0.4, -0.2) is 94.5 Å². The maximum atomic E-state index is 14.2. The van der Waals surface area contributed by atoms with Crippen LogP contribution < -0.4 is 20.3 Å². The van der Waals surface area contributed by atoms with Gasteiger partial charge in [-0.15, -0.1) is 0 Å². The Bertz CT molecular complexity index is 1430. The van der Waals surface area contributed by atoms with Gasteiger partial charge in [0.05, 0.1) is 31.2 Å². The van der Waals surface area contributed by atoms with Crippen molar-refractivity contribution in [3.63, 3.8) is 0 Å². The fourth-order valence-corrected chi connectivity index (χ4v) is 5.46. The minimum Gasteiger partial charge on any atom is -0.482 e. The molecule has 11 nitrogen and oxygen atoms in total. The molecule has 46 heavy (non-hydrogen) atoms. The van der Waals surface area contributed by atoms with Crippen molar-refractivity contribution in [1.82, 2.24) is 15.5 Å². The SMILES string of the molecule is COCC1=NC(=O)N(C(=O)NCCNC2CCN(c3ccccc3OCC(F)(F)F)CC2)C(c2ccc(F)c(F)c2)C1C(=O)OC. The number of alkyl halides is 3. The zero-order valence-electron chi connectivity index (χ0n) is 25.1. The van der Waals surface area contributed by atoms with E-state index in [1.54, 1.807) is 18.2 Å². The molecule has 16 heteroatoms. The van der Waals surface area contributed by atoms with E-state index in [9.17, 15) is 36.3 Å². The average molecular weight is 656 g/mol. The van der Waals surface area contributed by atoms with Gasteiger partial charge in [0.1, 0.15) is 11.7 Å². The largest absolute Gasteiger partial charge is 0.482 e. The summed E-state index contributed by atoms with van der Waals surface area (Å²) >= 11 is 0. The van der Waals surface area contributed by atoms with Crippen molar-refractivity contribution in [2.24, 2.45) is 10.9 Å². The number of ether oxygens (including phenoxy) is 3. The number of anilines is 1. The Morgan fingerprint density at radius 3 is 2.39 bits per heavy atom. The van der Waals surface area contributed by atoms with E-state index in [1.807, 2.05) is 4.90 Å². The lowest BCUT2D eigenvalue weighted by Crippen LogP contribution is -2.54. The molecule has 2 atom stereocenters. The molecule has 2 aromatic rings. The molecule has 0 aliphatic carbocycles. The molecule has 2 aliphatic rings. The first-order valence-electron chi connectivity index (χ1n) is 14.4. The highest BCUT2D eigenvalue weighted by Gasteiger charge is 2.47. The van der Waals surface area contributed by atoms with Gasteiger partial charge in [0.15, 0.2) is 18.2 Å². The predicted molar refractivity (Wildman–Crippen MR) is 156 cm³/mol. The van der Waals surface area contributed by atoms with E-state index in [0.717, 1.165) is 25.3 Å². The molecule has 1 fully saturated rings. The van der Waals surface area contributed by atoms with E-state index in [0.29, 0.717) is 36.5 Å². The van der Waals surface area contributed by atoms with Crippen molar-refractivity contribution in [3.05, 3.63) is 59.7 Å². The molecule has 2 aliphatic heterocycles. The highest BCUT2D eigenvalue weighted by atomic mass is 19.4. The molecule has 0 bridgehead atoms. The molecule has 1 saturated heterocycles. The van der Waals surface area contributed by atoms with Gasteiger partial charge in [-0.2, -0.15) is 18.2 Å². The maximum absolute atomic E-state index is 14.2. The number of para-hydroxylation sites is 2. The number of carbonyl (C=O) groups is 3. The monoisotopic (exact) mass is 655 g/mol. The second-order valence-corrected chi connectivity index (χ2v) is 10.6. The van der Waals surface area contributed by atoms with E-state index in [-0.39, 0.29) is 42.8 Å². The summed E-state index contributed by atoms with van der Waals surface area (Å²) in [5.41, 5.74) is 0.498. The number of carbonyl (C=O) groups excluding carboxylic acids is 3. The van der Waals surface area contributed by atoms with E-state index in [1.165, 1.54) is 13.2 Å². The lowest BCUT2D eigenvalue weighted by molar-refractivity contribution is -0.153. The zero-order chi connectivity index (χ0) is 33.4. The van der Waals surface area contributed by atoms with Crippen molar-refractivity contribution >= 4 is 29.4 Å². The minimum atomic E-state index is -4.45. The fraction of sp³-hybridized carbons (Fsp3) is 0.467. The second-order valence-electron chi connectivity index (χ2n) is 10.6. The van der Waals surface area contributed by atoms with Crippen LogP contribution in [0.1, 0.15) is 24.4 Å². The fourth-order valence-electron chi connectivity index (χ4n) is 5.46. The molecule has 2 heterocycles. The van der Waals surface area contributed by atoms with Gasteiger partial charge in [-0.3, -0.25) is 4.79 Å². The average Bonchev–Trinajstić information content (AvgIpc) is 3.03. The van der Waals surface area contributed by atoms with Gasteiger partial charge in [-0.05, 0) is 42.7 Å². The van der Waals surface area contributed by atoms with Crippen molar-refractivity contribution in [3.8, 4) is 5.75 Å². The summed E-state index contributed by atoms with van der Waals surface area (Å²) in [7, 11) is 2.42. The van der Waals surface area contributed by atoms with Crippen LogP contribution >= 0.6 is 0 Å². The molecule has 0 radical (unpaired) electrons. The molecular formula is C30H34F5N5O6. The van der Waals surface area contributed by atoms with Crippen LogP contribution in [0.2, 0.25) is 0 Å². The smallest absolute Gasteiger partial charge is 0.422 e. The number of aliphatic imine (C=N–C) groups is 1. The predicted octanol–water partition coefficient (Wildman–Crippen LogP) is 4.23. The van der Waals surface area contributed by atoms with Crippen molar-refractivity contribution < 1.29 is 50.5 Å². The van der Waals surface area contributed by atoms with Gasteiger partial charge in [-0.1, -0.05) is 18.2 Å². The molecule has 0 aromatic heterocycles. The molecule has 0 saturated carbocycles. The number of urea groups is 2. The number of nitrogens with one attached hydrogen (secondary N) is 2. The third kappa shape index (κ3) is 8.48. The molecule has 0 spiro atoms. The summed E-state index contributed by atoms with van der Waals surface area (Å²) in [6.45, 7) is -0.202. The quantitative estimate of drug-likeness (QED) is 0.210. The number of halogens is 5. The third-order valence-corrected chi connectivity index (χ3v) is 7.58. The summed E-state index contributed by atoms with van der Waals surface area (Å²) in [6.07, 6.45) is -3.14. The number of nitrogens with zero attached hydrogens (tertiary/aromatic N) is 3. The number of piperidine rings is 1. The first-order chi connectivity index (χ1) is 21.9. The van der Waals surface area contributed by atoms with Gasteiger partial charge >= 0.3 is 24.2 Å². The number of rotatable bonds is 11. The number of methoxy groups -OCH3 is 2. The topological polar surface area (TPSA) is 122 Å². The van der Waals surface area contributed by atoms with Crippen LogP contribution in [0.3, 0.4) is 0 Å². The third-order valence-electron chi connectivity index (χ3n) is 7.58. The summed E-state index contributed by atoms with van der Waals surface area (Å²) < 4.78 is 81.0. The molecule has 4 amide bonds. The van der Waals surface area contributed by atoms with Crippen LogP contribution in [0.4, 0.5) is 37.2 Å². The lowest BCUT2D eigenvalue weighted by atomic mass is 9.86. The standard InChI is InChI=1S/C30H34F5N5O6/c1-44-16-22-25(27(41)45-2)26(18-7-8-20(31)21(32)15-18)40(29(43)38-22)28(42)37-12-11-36-19-9-13-39(14-10-19)23-5-3-4-6-24(23)46-17-30(33,34)35/h3-8,15,19,25-26,36H,9-14,16-17H2,1-2H3,(H,37,42). The lowest BCUT2D eigenvalue weighted by Gasteiger charge is -2.37. The second kappa shape index (κ2) is 15.3. The minimum absolute atomic E-state index is 0.0310. The van der Waals surface area contributed by atoms with Gasteiger partial charge in [0, 0.05) is 39.3 Å². The Labute approximate surface area is 261 Å². The first kappa shape index (κ1) is 34.6. The normalized spacial score (nSPS) is 19.1. The van der Waals surface area contributed by atoms with Crippen LogP contribution in [0.5, 0.6) is 5.75 Å². The summed E-state index contributed by atoms with van der Waals surface area (Å²) in [5, 5.41) is 5.91. The Morgan fingerprint density at radius 2 is 1.74 bits per heavy atom. The van der Waals surface area contributed by atoms with E-state index >= 15 is 0 Å². The van der Waals surface area contributed by atoms with Crippen LogP contribution in [0, 0.1) is 17.6 Å². The Balaban J connectivity index is 1.37. The Hall–Kier alpha value is -4.31. The Morgan fingerprint density at radius 1 is 1.02 bits per heavy atom. The number of amides is 4. The summed E-state index contributed by atoms with van der Waals surface area (Å²) in [5.74, 6) is -4.45. The van der Waals surface area contributed by atoms with Gasteiger partial charge in [0.2, 0.25) is 0 Å². The zero-order valence-corrected chi connectivity index (χ0v) is 25.1. The molecule has 2 unspecified atom stereocenters. The van der Waals surface area contributed by atoms with Gasteiger partial charge < -0.3 is 29.7 Å². The van der Waals surface area contributed by atoms with Crippen LogP contribution in [-0.2, 0) is 14.3 Å². The van der Waals surface area contributed by atoms with Gasteiger partial charge in [-0.25, -0.2) is 23.3 Å². The van der Waals surface area contributed by atoms with E-state index in [4.69, 9.17) is 14.2 Å². The molecule has 4 rings (SSSR count). The summed E-state index contributed by atoms with van der Waals surface area (Å²) in [4.78, 5) is 45.7. The highest BCUT2D eigenvalue weighted by Crippen LogP contribution is 2.36. The van der Waals surface area contributed by atoms with Crippen molar-refractivity contribution in [2.45, 2.75) is 31.1 Å².